The molecule has 1 aliphatic rings. The molecule has 0 saturated heterocycles. The van der Waals surface area contributed by atoms with Crippen LogP contribution in [-0.4, -0.2) is 28.7 Å². The highest BCUT2D eigenvalue weighted by Crippen LogP contribution is 2.27. The van der Waals surface area contributed by atoms with Crippen LogP contribution in [0.1, 0.15) is 26.3 Å². The van der Waals surface area contributed by atoms with E-state index in [1.54, 1.807) is 37.5 Å². The van der Waals surface area contributed by atoms with Crippen LogP contribution in [0.25, 0.3) is 0 Å². The van der Waals surface area contributed by atoms with E-state index in [9.17, 15) is 9.59 Å². The van der Waals surface area contributed by atoms with Crippen LogP contribution in [0.5, 0.6) is 0 Å². The Bertz CT molecular complexity index is 745. The van der Waals surface area contributed by atoms with Gasteiger partial charge in [0.2, 0.25) is 0 Å². The molecule has 0 saturated carbocycles. The number of aromatic nitrogens is 1. The first-order chi connectivity index (χ1) is 10.1. The maximum Gasteiger partial charge on any atom is 0.261 e. The molecule has 106 valence electrons. The second-order valence-corrected chi connectivity index (χ2v) is 5.60. The third-order valence-electron chi connectivity index (χ3n) is 3.35. The van der Waals surface area contributed by atoms with Crippen LogP contribution < -0.4 is 5.32 Å². The number of hydrogen-bond donors (Lipinski definition) is 1. The van der Waals surface area contributed by atoms with E-state index in [-0.39, 0.29) is 18.4 Å². The van der Waals surface area contributed by atoms with Crippen molar-refractivity contribution in [2.75, 3.05) is 12.4 Å². The number of carbonyl (C=O) groups excluding carboxylic acids is 2. The number of pyridine rings is 1. The lowest BCUT2D eigenvalue weighted by atomic mass is 10.1. The molecule has 1 aromatic carbocycles. The van der Waals surface area contributed by atoms with E-state index in [4.69, 9.17) is 0 Å². The summed E-state index contributed by atoms with van der Waals surface area (Å²) in [5.41, 5.74) is 1.74. The van der Waals surface area contributed by atoms with E-state index in [0.29, 0.717) is 16.9 Å². The number of nitrogens with zero attached hydrogens (tertiary/aromatic N) is 2. The van der Waals surface area contributed by atoms with Gasteiger partial charge in [0, 0.05) is 17.7 Å². The summed E-state index contributed by atoms with van der Waals surface area (Å²) in [6, 6.07) is 8.73. The highest BCUT2D eigenvalue weighted by molar-refractivity contribution is 9.10. The van der Waals surface area contributed by atoms with Crippen molar-refractivity contribution in [1.29, 1.82) is 0 Å². The number of anilines is 1. The molecule has 2 amide bonds. The van der Waals surface area contributed by atoms with Gasteiger partial charge in [-0.05, 0) is 35.9 Å². The number of carbonyl (C=O) groups is 2. The third-order valence-corrected chi connectivity index (χ3v) is 3.85. The van der Waals surface area contributed by atoms with E-state index in [1.165, 1.54) is 4.90 Å². The van der Waals surface area contributed by atoms with Gasteiger partial charge in [0.1, 0.15) is 5.82 Å². The van der Waals surface area contributed by atoms with Gasteiger partial charge in [-0.1, -0.05) is 15.9 Å². The molecular formula is C15H12BrN3O2. The molecule has 2 heterocycles. The quantitative estimate of drug-likeness (QED) is 0.868. The average molecular weight is 346 g/mol. The number of rotatable bonds is 3. The Morgan fingerprint density at radius 2 is 1.90 bits per heavy atom. The maximum atomic E-state index is 12.4. The monoisotopic (exact) mass is 345 g/mol. The smallest absolute Gasteiger partial charge is 0.261 e. The molecule has 0 spiro atoms. The molecule has 1 aliphatic heterocycles. The molecule has 0 aliphatic carbocycles. The Morgan fingerprint density at radius 1 is 1.14 bits per heavy atom. The standard InChI is InChI=1S/C15H12BrN3O2/c1-17-13-6-9(4-5-18-13)8-19-14(20)11-3-2-10(16)7-12(11)15(19)21/h2-7H,8H2,1H3,(H,17,18). The summed E-state index contributed by atoms with van der Waals surface area (Å²) in [5, 5.41) is 2.93. The molecule has 0 radical (unpaired) electrons. The van der Waals surface area contributed by atoms with E-state index < -0.39 is 0 Å². The SMILES string of the molecule is CNc1cc(CN2C(=O)c3ccc(Br)cc3C2=O)ccn1. The molecule has 0 fully saturated rings. The molecule has 1 aromatic heterocycles. The van der Waals surface area contributed by atoms with Gasteiger partial charge < -0.3 is 5.32 Å². The molecule has 3 rings (SSSR count). The van der Waals surface area contributed by atoms with Crippen molar-refractivity contribution in [3.8, 4) is 0 Å². The zero-order valence-corrected chi connectivity index (χ0v) is 12.8. The summed E-state index contributed by atoms with van der Waals surface area (Å²) in [6.07, 6.45) is 1.65. The highest BCUT2D eigenvalue weighted by Gasteiger charge is 2.35. The molecule has 21 heavy (non-hydrogen) atoms. The fraction of sp³-hybridized carbons (Fsp3) is 0.133. The van der Waals surface area contributed by atoms with Crippen LogP contribution in [0.4, 0.5) is 5.82 Å². The predicted octanol–water partition coefficient (Wildman–Crippen LogP) is 2.68. The largest absolute Gasteiger partial charge is 0.373 e. The summed E-state index contributed by atoms with van der Waals surface area (Å²) in [4.78, 5) is 30.1. The van der Waals surface area contributed by atoms with Gasteiger partial charge in [-0.3, -0.25) is 14.5 Å². The summed E-state index contributed by atoms with van der Waals surface area (Å²) in [5.74, 6) is 0.177. The van der Waals surface area contributed by atoms with Gasteiger partial charge in [0.15, 0.2) is 0 Å². The minimum Gasteiger partial charge on any atom is -0.373 e. The second-order valence-electron chi connectivity index (χ2n) is 4.69. The normalized spacial score (nSPS) is 13.5. The van der Waals surface area contributed by atoms with Crippen LogP contribution >= 0.6 is 15.9 Å². The van der Waals surface area contributed by atoms with E-state index in [2.05, 4.69) is 26.2 Å². The Kier molecular flexibility index (Phi) is 3.47. The maximum absolute atomic E-state index is 12.4. The average Bonchev–Trinajstić information content (AvgIpc) is 2.72. The van der Waals surface area contributed by atoms with Gasteiger partial charge in [-0.2, -0.15) is 0 Å². The number of imide groups is 1. The summed E-state index contributed by atoms with van der Waals surface area (Å²) in [7, 11) is 1.77. The molecule has 0 unspecified atom stereocenters. The third kappa shape index (κ3) is 2.42. The molecular weight excluding hydrogens is 334 g/mol. The molecule has 0 atom stereocenters. The van der Waals surface area contributed by atoms with E-state index in [0.717, 1.165) is 10.0 Å². The van der Waals surface area contributed by atoms with Crippen LogP contribution in [0, 0.1) is 0 Å². The summed E-state index contributed by atoms with van der Waals surface area (Å²) in [6.45, 7) is 0.237. The molecule has 0 bridgehead atoms. The Hall–Kier alpha value is -2.21. The number of nitrogens with one attached hydrogen (secondary N) is 1. The predicted molar refractivity (Wildman–Crippen MR) is 82.1 cm³/mol. The molecule has 6 heteroatoms. The van der Waals surface area contributed by atoms with Gasteiger partial charge in [-0.15, -0.1) is 0 Å². The van der Waals surface area contributed by atoms with Crippen molar-refractivity contribution in [2.24, 2.45) is 0 Å². The number of hydrogen-bond acceptors (Lipinski definition) is 4. The number of benzene rings is 1. The van der Waals surface area contributed by atoms with Gasteiger partial charge in [0.25, 0.3) is 11.8 Å². The number of amides is 2. The van der Waals surface area contributed by atoms with Crippen LogP contribution in [0.15, 0.2) is 41.0 Å². The van der Waals surface area contributed by atoms with Crippen molar-refractivity contribution in [2.45, 2.75) is 6.54 Å². The molecule has 5 nitrogen and oxygen atoms in total. The number of fused-ring (bicyclic) bond motifs is 1. The van der Waals surface area contributed by atoms with Crippen LogP contribution in [0.2, 0.25) is 0 Å². The summed E-state index contributed by atoms with van der Waals surface area (Å²) >= 11 is 3.32. The highest BCUT2D eigenvalue weighted by atomic mass is 79.9. The minimum absolute atomic E-state index is 0.237. The number of halogens is 1. The van der Waals surface area contributed by atoms with Crippen molar-refractivity contribution < 1.29 is 9.59 Å². The topological polar surface area (TPSA) is 62.3 Å². The Balaban J connectivity index is 1.91. The Morgan fingerprint density at radius 3 is 2.67 bits per heavy atom. The van der Waals surface area contributed by atoms with E-state index in [1.807, 2.05) is 6.07 Å². The summed E-state index contributed by atoms with van der Waals surface area (Å²) < 4.78 is 0.783. The lowest BCUT2D eigenvalue weighted by Gasteiger charge is -2.14. The lowest BCUT2D eigenvalue weighted by Crippen LogP contribution is -2.29. The van der Waals surface area contributed by atoms with Crippen LogP contribution in [-0.2, 0) is 6.54 Å². The van der Waals surface area contributed by atoms with Crippen molar-refractivity contribution in [3.05, 3.63) is 57.7 Å². The van der Waals surface area contributed by atoms with Gasteiger partial charge in [0.05, 0.1) is 17.7 Å². The Labute approximate surface area is 130 Å². The van der Waals surface area contributed by atoms with Crippen molar-refractivity contribution >= 4 is 33.6 Å². The van der Waals surface area contributed by atoms with Gasteiger partial charge >= 0.3 is 0 Å². The fourth-order valence-corrected chi connectivity index (χ4v) is 2.66. The first kappa shape index (κ1) is 13.8. The van der Waals surface area contributed by atoms with Gasteiger partial charge in [-0.25, -0.2) is 4.98 Å². The van der Waals surface area contributed by atoms with E-state index >= 15 is 0 Å². The zero-order chi connectivity index (χ0) is 15.0. The zero-order valence-electron chi connectivity index (χ0n) is 11.3. The first-order valence-corrected chi connectivity index (χ1v) is 7.18. The van der Waals surface area contributed by atoms with Crippen molar-refractivity contribution in [1.82, 2.24) is 9.88 Å². The second kappa shape index (κ2) is 5.29. The first-order valence-electron chi connectivity index (χ1n) is 6.38. The fourth-order valence-electron chi connectivity index (χ4n) is 2.30. The lowest BCUT2D eigenvalue weighted by molar-refractivity contribution is 0.0642. The van der Waals surface area contributed by atoms with Crippen LogP contribution in [0.3, 0.4) is 0 Å². The molecule has 2 aromatic rings. The minimum atomic E-state index is -0.265. The molecule has 1 N–H and O–H groups in total. The van der Waals surface area contributed by atoms with Crippen molar-refractivity contribution in [3.63, 3.8) is 0 Å².